The Morgan fingerprint density at radius 2 is 2.16 bits per heavy atom. The van der Waals surface area contributed by atoms with Crippen molar-refractivity contribution in [2.24, 2.45) is 0 Å². The molecule has 1 aromatic heterocycles. The van der Waals surface area contributed by atoms with Crippen LogP contribution in [0.15, 0.2) is 18.5 Å². The summed E-state index contributed by atoms with van der Waals surface area (Å²) in [4.78, 5) is 35.5. The van der Waals surface area contributed by atoms with Crippen LogP contribution in [0.3, 0.4) is 0 Å². The van der Waals surface area contributed by atoms with Crippen LogP contribution in [0.4, 0.5) is 4.39 Å². The molecule has 3 rings (SSSR count). The molecule has 2 amide bonds. The summed E-state index contributed by atoms with van der Waals surface area (Å²) in [6.45, 7) is 6.60. The summed E-state index contributed by atoms with van der Waals surface area (Å²) in [5.74, 6) is -0.553. The van der Waals surface area contributed by atoms with Crippen LogP contribution in [0.25, 0.3) is 11.0 Å². The lowest BCUT2D eigenvalue weighted by Crippen LogP contribution is -2.57. The number of piperazine rings is 1. The van der Waals surface area contributed by atoms with Crippen molar-refractivity contribution in [3.05, 3.63) is 29.6 Å². The van der Waals surface area contributed by atoms with Crippen molar-refractivity contribution in [3.8, 4) is 0 Å². The molecular weight excluding hydrogens is 323 g/mol. The zero-order chi connectivity index (χ0) is 18.1. The third-order valence-electron chi connectivity index (χ3n) is 4.79. The smallest absolute Gasteiger partial charge is 0.257 e. The molecule has 0 saturated carbocycles. The van der Waals surface area contributed by atoms with Crippen LogP contribution in [0, 0.1) is 6.92 Å². The summed E-state index contributed by atoms with van der Waals surface area (Å²) in [5, 5.41) is 0. The van der Waals surface area contributed by atoms with E-state index >= 15 is 0 Å². The van der Waals surface area contributed by atoms with Crippen LogP contribution in [0.5, 0.6) is 0 Å². The van der Waals surface area contributed by atoms with E-state index in [0.29, 0.717) is 25.2 Å². The standard InChI is InChI=1S/C18H23FN4O2/c1-4-14(19)18(25)23-6-5-22(9-12(23)3)17(24)13-7-11(2)16-15(8-13)20-10-21-16/h7-8,10,12,14H,4-6,9H2,1-3H3,(H,20,21)/t12-,14?/m1/s1. The van der Waals surface area contributed by atoms with Gasteiger partial charge in [0.2, 0.25) is 0 Å². The third-order valence-corrected chi connectivity index (χ3v) is 4.79. The number of halogens is 1. The number of carbonyl (C=O) groups is 2. The molecule has 0 bridgehead atoms. The number of amides is 2. The van der Waals surface area contributed by atoms with Gasteiger partial charge in [0, 0.05) is 31.2 Å². The van der Waals surface area contributed by atoms with Gasteiger partial charge in [-0.3, -0.25) is 9.59 Å². The molecule has 1 aliphatic rings. The lowest BCUT2D eigenvalue weighted by Gasteiger charge is -2.40. The minimum Gasteiger partial charge on any atom is -0.345 e. The van der Waals surface area contributed by atoms with Crippen LogP contribution in [-0.4, -0.2) is 63.4 Å². The fraction of sp³-hybridized carbons (Fsp3) is 0.500. The molecule has 134 valence electrons. The Bertz CT molecular complexity index is 803. The summed E-state index contributed by atoms with van der Waals surface area (Å²) in [7, 11) is 0. The molecule has 2 heterocycles. The average Bonchev–Trinajstić information content (AvgIpc) is 3.08. The van der Waals surface area contributed by atoms with Crippen molar-refractivity contribution in [1.29, 1.82) is 0 Å². The average molecular weight is 346 g/mol. The molecule has 1 aromatic carbocycles. The Labute approximate surface area is 146 Å². The first-order chi connectivity index (χ1) is 11.9. The highest BCUT2D eigenvalue weighted by Crippen LogP contribution is 2.20. The second-order valence-corrected chi connectivity index (χ2v) is 6.60. The van der Waals surface area contributed by atoms with Crippen LogP contribution < -0.4 is 0 Å². The van der Waals surface area contributed by atoms with Gasteiger partial charge in [-0.2, -0.15) is 0 Å². The molecule has 0 spiro atoms. The van der Waals surface area contributed by atoms with Crippen molar-refractivity contribution in [3.63, 3.8) is 0 Å². The number of imidazole rings is 1. The van der Waals surface area contributed by atoms with Gasteiger partial charge in [0.05, 0.1) is 17.4 Å². The number of aromatic nitrogens is 2. The molecule has 2 aromatic rings. The van der Waals surface area contributed by atoms with Gasteiger partial charge in [-0.1, -0.05) is 6.92 Å². The fourth-order valence-corrected chi connectivity index (χ4v) is 3.36. The van der Waals surface area contributed by atoms with E-state index in [4.69, 9.17) is 0 Å². The minimum absolute atomic E-state index is 0.0779. The molecule has 2 atom stereocenters. The van der Waals surface area contributed by atoms with E-state index in [1.165, 1.54) is 0 Å². The first-order valence-corrected chi connectivity index (χ1v) is 8.60. The number of aryl methyl sites for hydroxylation is 1. The highest BCUT2D eigenvalue weighted by Gasteiger charge is 2.33. The number of rotatable bonds is 3. The zero-order valence-corrected chi connectivity index (χ0v) is 14.8. The Kier molecular flexibility index (Phi) is 4.74. The summed E-state index contributed by atoms with van der Waals surface area (Å²) >= 11 is 0. The van der Waals surface area contributed by atoms with Gasteiger partial charge in [-0.15, -0.1) is 0 Å². The highest BCUT2D eigenvalue weighted by molar-refractivity contribution is 5.98. The van der Waals surface area contributed by atoms with E-state index in [2.05, 4.69) is 9.97 Å². The van der Waals surface area contributed by atoms with Crippen molar-refractivity contribution < 1.29 is 14.0 Å². The second kappa shape index (κ2) is 6.82. The summed E-state index contributed by atoms with van der Waals surface area (Å²) in [6, 6.07) is 3.43. The molecular formula is C18H23FN4O2. The predicted molar refractivity (Wildman–Crippen MR) is 93.1 cm³/mol. The zero-order valence-electron chi connectivity index (χ0n) is 14.8. The first-order valence-electron chi connectivity index (χ1n) is 8.60. The predicted octanol–water partition coefficient (Wildman–Crippen LogP) is 2.29. The lowest BCUT2D eigenvalue weighted by atomic mass is 10.1. The maximum atomic E-state index is 13.7. The number of hydrogen-bond acceptors (Lipinski definition) is 3. The van der Waals surface area contributed by atoms with E-state index in [-0.39, 0.29) is 18.4 Å². The van der Waals surface area contributed by atoms with Gasteiger partial charge in [0.25, 0.3) is 11.8 Å². The quantitative estimate of drug-likeness (QED) is 0.927. The van der Waals surface area contributed by atoms with Crippen LogP contribution >= 0.6 is 0 Å². The third kappa shape index (κ3) is 3.23. The molecule has 0 radical (unpaired) electrons. The maximum absolute atomic E-state index is 13.7. The van der Waals surface area contributed by atoms with Gasteiger partial charge in [0.1, 0.15) is 0 Å². The number of fused-ring (bicyclic) bond motifs is 1. The Balaban J connectivity index is 1.74. The molecule has 1 N–H and O–H groups in total. The molecule has 1 fully saturated rings. The van der Waals surface area contributed by atoms with Crippen molar-refractivity contribution >= 4 is 22.8 Å². The van der Waals surface area contributed by atoms with Crippen molar-refractivity contribution in [1.82, 2.24) is 19.8 Å². The number of carbonyl (C=O) groups excluding carboxylic acids is 2. The summed E-state index contributed by atoms with van der Waals surface area (Å²) in [5.41, 5.74) is 3.22. The van der Waals surface area contributed by atoms with E-state index < -0.39 is 12.1 Å². The molecule has 0 aliphatic carbocycles. The van der Waals surface area contributed by atoms with Crippen LogP contribution in [0.2, 0.25) is 0 Å². The second-order valence-electron chi connectivity index (χ2n) is 6.60. The van der Waals surface area contributed by atoms with Crippen LogP contribution in [-0.2, 0) is 4.79 Å². The molecule has 7 heteroatoms. The summed E-state index contributed by atoms with van der Waals surface area (Å²) < 4.78 is 13.7. The number of hydrogen-bond donors (Lipinski definition) is 1. The molecule has 6 nitrogen and oxygen atoms in total. The number of alkyl halides is 1. The van der Waals surface area contributed by atoms with Gasteiger partial charge in [0.15, 0.2) is 6.17 Å². The Morgan fingerprint density at radius 1 is 1.40 bits per heavy atom. The monoisotopic (exact) mass is 346 g/mol. The Morgan fingerprint density at radius 3 is 2.84 bits per heavy atom. The van der Waals surface area contributed by atoms with Gasteiger partial charge in [-0.25, -0.2) is 9.37 Å². The van der Waals surface area contributed by atoms with Crippen LogP contribution in [0.1, 0.15) is 36.2 Å². The Hall–Kier alpha value is -2.44. The number of aromatic amines is 1. The largest absolute Gasteiger partial charge is 0.345 e. The van der Waals surface area contributed by atoms with Gasteiger partial charge < -0.3 is 14.8 Å². The number of H-pyrrole nitrogens is 1. The first kappa shape index (κ1) is 17.4. The van der Waals surface area contributed by atoms with E-state index in [1.54, 1.807) is 29.1 Å². The summed E-state index contributed by atoms with van der Waals surface area (Å²) in [6.07, 6.45) is 0.323. The van der Waals surface area contributed by atoms with Crippen molar-refractivity contribution in [2.45, 2.75) is 39.4 Å². The lowest BCUT2D eigenvalue weighted by molar-refractivity contribution is -0.140. The molecule has 25 heavy (non-hydrogen) atoms. The van der Waals surface area contributed by atoms with Crippen molar-refractivity contribution in [2.75, 3.05) is 19.6 Å². The minimum atomic E-state index is -1.46. The number of nitrogens with zero attached hydrogens (tertiary/aromatic N) is 3. The van der Waals surface area contributed by atoms with E-state index in [9.17, 15) is 14.0 Å². The van der Waals surface area contributed by atoms with E-state index in [0.717, 1.165) is 16.6 Å². The fourth-order valence-electron chi connectivity index (χ4n) is 3.36. The topological polar surface area (TPSA) is 69.3 Å². The molecule has 1 unspecified atom stereocenters. The number of benzene rings is 1. The normalized spacial score (nSPS) is 19.3. The van der Waals surface area contributed by atoms with E-state index in [1.807, 2.05) is 19.9 Å². The van der Waals surface area contributed by atoms with Gasteiger partial charge in [-0.05, 0) is 38.0 Å². The number of nitrogens with one attached hydrogen (secondary N) is 1. The maximum Gasteiger partial charge on any atom is 0.257 e. The van der Waals surface area contributed by atoms with Gasteiger partial charge >= 0.3 is 0 Å². The molecule has 1 saturated heterocycles. The highest BCUT2D eigenvalue weighted by atomic mass is 19.1. The SMILES string of the molecule is CCC(F)C(=O)N1CCN(C(=O)c2cc(C)c3nc[nH]c3c2)C[C@H]1C. The molecule has 1 aliphatic heterocycles.